The fourth-order valence-electron chi connectivity index (χ4n) is 3.27. The van der Waals surface area contributed by atoms with Crippen LogP contribution >= 0.6 is 0 Å². The highest BCUT2D eigenvalue weighted by atomic mass is 15.0. The summed E-state index contributed by atoms with van der Waals surface area (Å²) in [4.78, 5) is 0. The van der Waals surface area contributed by atoms with Crippen LogP contribution in [0.3, 0.4) is 0 Å². The fraction of sp³-hybridized carbons (Fsp3) is 0.294. The van der Waals surface area contributed by atoms with Crippen molar-refractivity contribution >= 4 is 0 Å². The monoisotopic (exact) mass is 235 g/mol. The summed E-state index contributed by atoms with van der Waals surface area (Å²) in [5.41, 5.74) is 4.90. The van der Waals surface area contributed by atoms with E-state index in [2.05, 4.69) is 59.9 Å². The summed E-state index contributed by atoms with van der Waals surface area (Å²) in [6.45, 7) is 1.13. The number of fused-ring (bicyclic) bond motifs is 2. The lowest BCUT2D eigenvalue weighted by atomic mass is 9.82. The Kier molecular flexibility index (Phi) is 2.12. The molecule has 1 fully saturated rings. The normalized spacial score (nSPS) is 23.7. The second-order valence-corrected chi connectivity index (χ2v) is 5.59. The Morgan fingerprint density at radius 2 is 1.61 bits per heavy atom. The standard InChI is InChI=1S/C17H17N/c1-2-6-13(7-3-1)16-14-8-4-5-9-15(14)17(10-11-17)12-18-16/h1-9,16,18H,10-12H2. The third-order valence-corrected chi connectivity index (χ3v) is 4.47. The van der Waals surface area contributed by atoms with Crippen molar-refractivity contribution in [2.45, 2.75) is 24.3 Å². The van der Waals surface area contributed by atoms with Crippen LogP contribution in [-0.4, -0.2) is 6.54 Å². The van der Waals surface area contributed by atoms with Crippen molar-refractivity contribution in [1.82, 2.24) is 5.32 Å². The number of hydrogen-bond acceptors (Lipinski definition) is 1. The van der Waals surface area contributed by atoms with Crippen molar-refractivity contribution in [3.8, 4) is 0 Å². The minimum atomic E-state index is 0.369. The smallest absolute Gasteiger partial charge is 0.0579 e. The van der Waals surface area contributed by atoms with E-state index < -0.39 is 0 Å². The van der Waals surface area contributed by atoms with Crippen LogP contribution in [0, 0.1) is 0 Å². The van der Waals surface area contributed by atoms with Crippen LogP contribution in [0.15, 0.2) is 54.6 Å². The molecule has 18 heavy (non-hydrogen) atoms. The van der Waals surface area contributed by atoms with Gasteiger partial charge in [0.25, 0.3) is 0 Å². The van der Waals surface area contributed by atoms with Gasteiger partial charge in [0.2, 0.25) is 0 Å². The van der Waals surface area contributed by atoms with Gasteiger partial charge in [-0.2, -0.15) is 0 Å². The van der Waals surface area contributed by atoms with E-state index in [0.717, 1.165) is 6.54 Å². The Bertz CT molecular complexity index is 569. The maximum atomic E-state index is 3.74. The molecule has 1 saturated carbocycles. The Hall–Kier alpha value is -1.60. The van der Waals surface area contributed by atoms with Crippen LogP contribution in [0.5, 0.6) is 0 Å². The van der Waals surface area contributed by atoms with Crippen molar-refractivity contribution in [3.05, 3.63) is 71.3 Å². The average Bonchev–Trinajstić information content (AvgIpc) is 3.21. The third kappa shape index (κ3) is 1.44. The summed E-state index contributed by atoms with van der Waals surface area (Å²) in [7, 11) is 0. The molecule has 90 valence electrons. The van der Waals surface area contributed by atoms with Crippen molar-refractivity contribution in [2.75, 3.05) is 6.54 Å². The van der Waals surface area contributed by atoms with Gasteiger partial charge in [0.1, 0.15) is 0 Å². The predicted octanol–water partition coefficient (Wildman–Crippen LogP) is 3.41. The molecule has 2 aliphatic rings. The first-order valence-electron chi connectivity index (χ1n) is 6.77. The summed E-state index contributed by atoms with van der Waals surface area (Å²) >= 11 is 0. The molecule has 0 aromatic heterocycles. The largest absolute Gasteiger partial charge is 0.305 e. The van der Waals surface area contributed by atoms with Crippen LogP contribution < -0.4 is 5.32 Å². The maximum Gasteiger partial charge on any atom is 0.0579 e. The number of nitrogens with one attached hydrogen (secondary N) is 1. The molecule has 1 aliphatic heterocycles. The van der Waals surface area contributed by atoms with Gasteiger partial charge >= 0.3 is 0 Å². The van der Waals surface area contributed by atoms with Gasteiger partial charge in [-0.3, -0.25) is 0 Å². The molecule has 1 N–H and O–H groups in total. The van der Waals surface area contributed by atoms with Crippen molar-refractivity contribution in [1.29, 1.82) is 0 Å². The molecule has 0 radical (unpaired) electrons. The summed E-state index contributed by atoms with van der Waals surface area (Å²) in [6.07, 6.45) is 2.69. The molecule has 0 bridgehead atoms. The molecule has 2 aromatic rings. The van der Waals surface area contributed by atoms with Gasteiger partial charge in [-0.1, -0.05) is 54.6 Å². The number of benzene rings is 2. The van der Waals surface area contributed by atoms with E-state index in [4.69, 9.17) is 0 Å². The SMILES string of the molecule is c1ccc(C2NCC3(CC3)c3ccccc32)cc1. The molecule has 1 spiro atoms. The van der Waals surface area contributed by atoms with E-state index in [9.17, 15) is 0 Å². The molecule has 0 saturated heterocycles. The minimum absolute atomic E-state index is 0.369. The molecule has 1 heterocycles. The van der Waals surface area contributed by atoms with Gasteiger partial charge in [0.15, 0.2) is 0 Å². The van der Waals surface area contributed by atoms with Gasteiger partial charge in [-0.15, -0.1) is 0 Å². The van der Waals surface area contributed by atoms with E-state index in [1.807, 2.05) is 0 Å². The van der Waals surface area contributed by atoms with Gasteiger partial charge in [0, 0.05) is 12.0 Å². The van der Waals surface area contributed by atoms with Crippen LogP contribution in [0.4, 0.5) is 0 Å². The van der Waals surface area contributed by atoms with E-state index in [0.29, 0.717) is 11.5 Å². The van der Waals surface area contributed by atoms with Gasteiger partial charge in [-0.05, 0) is 29.5 Å². The minimum Gasteiger partial charge on any atom is -0.305 e. The van der Waals surface area contributed by atoms with E-state index >= 15 is 0 Å². The number of hydrogen-bond donors (Lipinski definition) is 1. The average molecular weight is 235 g/mol. The van der Waals surface area contributed by atoms with Crippen molar-refractivity contribution < 1.29 is 0 Å². The summed E-state index contributed by atoms with van der Waals surface area (Å²) in [5, 5.41) is 3.74. The summed E-state index contributed by atoms with van der Waals surface area (Å²) < 4.78 is 0. The Balaban J connectivity index is 1.84. The third-order valence-electron chi connectivity index (χ3n) is 4.47. The molecule has 0 amide bonds. The zero-order valence-corrected chi connectivity index (χ0v) is 10.4. The molecular weight excluding hydrogens is 218 g/mol. The van der Waals surface area contributed by atoms with Crippen molar-refractivity contribution in [2.24, 2.45) is 0 Å². The highest BCUT2D eigenvalue weighted by Gasteiger charge is 2.48. The molecule has 1 unspecified atom stereocenters. The Labute approximate surface area is 108 Å². The first-order chi connectivity index (χ1) is 8.89. The fourth-order valence-corrected chi connectivity index (χ4v) is 3.27. The first-order valence-corrected chi connectivity index (χ1v) is 6.77. The molecule has 2 aromatic carbocycles. The van der Waals surface area contributed by atoms with Gasteiger partial charge in [0.05, 0.1) is 6.04 Å². The molecule has 1 aliphatic carbocycles. The van der Waals surface area contributed by atoms with E-state index in [-0.39, 0.29) is 0 Å². The van der Waals surface area contributed by atoms with Crippen LogP contribution in [0.2, 0.25) is 0 Å². The molecule has 1 atom stereocenters. The lowest BCUT2D eigenvalue weighted by Crippen LogP contribution is -2.37. The molecular formula is C17H17N. The zero-order valence-electron chi connectivity index (χ0n) is 10.4. The molecule has 1 heteroatoms. The number of rotatable bonds is 1. The molecule has 1 nitrogen and oxygen atoms in total. The highest BCUT2D eigenvalue weighted by molar-refractivity contribution is 5.47. The second-order valence-electron chi connectivity index (χ2n) is 5.59. The maximum absolute atomic E-state index is 3.74. The van der Waals surface area contributed by atoms with E-state index in [1.54, 1.807) is 5.56 Å². The van der Waals surface area contributed by atoms with Crippen molar-refractivity contribution in [3.63, 3.8) is 0 Å². The predicted molar refractivity (Wildman–Crippen MR) is 73.6 cm³/mol. The summed E-state index contributed by atoms with van der Waals surface area (Å²) in [5.74, 6) is 0. The van der Waals surface area contributed by atoms with Crippen LogP contribution in [0.25, 0.3) is 0 Å². The van der Waals surface area contributed by atoms with E-state index in [1.165, 1.54) is 24.0 Å². The second kappa shape index (κ2) is 3.69. The van der Waals surface area contributed by atoms with Gasteiger partial charge in [-0.25, -0.2) is 0 Å². The van der Waals surface area contributed by atoms with Crippen LogP contribution in [-0.2, 0) is 5.41 Å². The highest BCUT2D eigenvalue weighted by Crippen LogP contribution is 2.52. The molecule has 4 rings (SSSR count). The lowest BCUT2D eigenvalue weighted by molar-refractivity contribution is 0.484. The summed E-state index contributed by atoms with van der Waals surface area (Å²) in [6, 6.07) is 20.1. The first kappa shape index (κ1) is 10.3. The zero-order chi connectivity index (χ0) is 12.0. The van der Waals surface area contributed by atoms with Crippen LogP contribution in [0.1, 0.15) is 35.6 Å². The Morgan fingerprint density at radius 1 is 0.889 bits per heavy atom. The lowest BCUT2D eigenvalue weighted by Gasteiger charge is -2.33. The van der Waals surface area contributed by atoms with Gasteiger partial charge < -0.3 is 5.32 Å². The Morgan fingerprint density at radius 3 is 2.39 bits per heavy atom. The topological polar surface area (TPSA) is 12.0 Å². The quantitative estimate of drug-likeness (QED) is 0.798.